The zero-order valence-electron chi connectivity index (χ0n) is 11.4. The van der Waals surface area contributed by atoms with Gasteiger partial charge in [0.25, 0.3) is 5.69 Å². The molecular formula is C13H19NO4. The molecule has 1 rings (SSSR count). The lowest BCUT2D eigenvalue weighted by atomic mass is 10.1. The highest BCUT2D eigenvalue weighted by Gasteiger charge is 2.24. The first-order valence-electron chi connectivity index (χ1n) is 5.78. The summed E-state index contributed by atoms with van der Waals surface area (Å²) in [7, 11) is 0. The average Bonchev–Trinajstić information content (AvgIpc) is 2.29. The molecule has 0 unspecified atom stereocenters. The van der Waals surface area contributed by atoms with Gasteiger partial charge in [-0.05, 0) is 26.8 Å². The maximum absolute atomic E-state index is 11.7. The van der Waals surface area contributed by atoms with Gasteiger partial charge in [-0.25, -0.2) is 4.79 Å². The van der Waals surface area contributed by atoms with Crippen LogP contribution in [0, 0.1) is 10.1 Å². The summed E-state index contributed by atoms with van der Waals surface area (Å²) >= 11 is 0. The van der Waals surface area contributed by atoms with E-state index in [9.17, 15) is 14.9 Å². The van der Waals surface area contributed by atoms with Crippen LogP contribution >= 0.6 is 0 Å². The van der Waals surface area contributed by atoms with E-state index in [1.807, 2.05) is 13.8 Å². The monoisotopic (exact) mass is 253 g/mol. The number of benzene rings is 1. The molecule has 0 radical (unpaired) electrons. The Kier molecular flexibility index (Phi) is 6.02. The smallest absolute Gasteiger partial charge is 0.345 e. The Labute approximate surface area is 107 Å². The van der Waals surface area contributed by atoms with Gasteiger partial charge in [0, 0.05) is 6.07 Å². The summed E-state index contributed by atoms with van der Waals surface area (Å²) in [6, 6.07) is 5.73. The Hall–Kier alpha value is -1.91. The predicted octanol–water partition coefficient (Wildman–Crippen LogP) is 3.58. The van der Waals surface area contributed by atoms with E-state index >= 15 is 0 Å². The largest absolute Gasteiger partial charge is 0.456 e. The molecule has 0 aliphatic heterocycles. The lowest BCUT2D eigenvalue weighted by molar-refractivity contribution is -0.385. The van der Waals surface area contributed by atoms with E-state index < -0.39 is 16.5 Å². The van der Waals surface area contributed by atoms with Crippen LogP contribution in [0.1, 0.15) is 45.0 Å². The summed E-state index contributed by atoms with van der Waals surface area (Å²) in [5, 5.41) is 10.7. The van der Waals surface area contributed by atoms with E-state index in [1.165, 1.54) is 18.2 Å². The van der Waals surface area contributed by atoms with Crippen LogP contribution in [-0.4, -0.2) is 16.5 Å². The number of para-hydroxylation sites is 1. The van der Waals surface area contributed by atoms with E-state index in [-0.39, 0.29) is 11.3 Å². The van der Waals surface area contributed by atoms with Gasteiger partial charge in [0.1, 0.15) is 11.2 Å². The number of rotatable bonds is 2. The summed E-state index contributed by atoms with van der Waals surface area (Å²) in [4.78, 5) is 21.8. The molecule has 0 saturated carbocycles. The second-order valence-corrected chi connectivity index (χ2v) is 4.28. The Morgan fingerprint density at radius 2 is 1.72 bits per heavy atom. The molecule has 5 heteroatoms. The number of carbonyl (C=O) groups excluding carboxylic acids is 1. The minimum atomic E-state index is -0.681. The van der Waals surface area contributed by atoms with E-state index in [0.29, 0.717) is 0 Å². The van der Waals surface area contributed by atoms with Crippen molar-refractivity contribution in [2.24, 2.45) is 0 Å². The summed E-state index contributed by atoms with van der Waals surface area (Å²) in [6.45, 7) is 9.12. The van der Waals surface area contributed by atoms with Gasteiger partial charge in [-0.2, -0.15) is 0 Å². The Bertz CT molecular complexity index is 421. The minimum absolute atomic E-state index is 0.0255. The number of nitro benzene ring substituents is 1. The molecule has 0 aliphatic rings. The summed E-state index contributed by atoms with van der Waals surface area (Å²) < 4.78 is 5.07. The highest BCUT2D eigenvalue weighted by Crippen LogP contribution is 2.20. The Morgan fingerprint density at radius 3 is 2.17 bits per heavy atom. The molecule has 0 atom stereocenters. The van der Waals surface area contributed by atoms with Crippen molar-refractivity contribution in [3.05, 3.63) is 39.9 Å². The summed E-state index contributed by atoms with van der Waals surface area (Å²) in [6.07, 6.45) is 0. The number of carbonyl (C=O) groups is 1. The van der Waals surface area contributed by atoms with Crippen LogP contribution in [0.4, 0.5) is 5.69 Å². The number of esters is 1. The van der Waals surface area contributed by atoms with Gasteiger partial charge < -0.3 is 4.74 Å². The van der Waals surface area contributed by atoms with Crippen LogP contribution in [0.3, 0.4) is 0 Å². The first-order chi connectivity index (χ1) is 8.31. The molecule has 0 spiro atoms. The fourth-order valence-corrected chi connectivity index (χ4v) is 1.14. The fourth-order valence-electron chi connectivity index (χ4n) is 1.14. The molecule has 5 nitrogen and oxygen atoms in total. The van der Waals surface area contributed by atoms with Crippen LogP contribution in [0.2, 0.25) is 0 Å². The van der Waals surface area contributed by atoms with Crippen LogP contribution in [0.15, 0.2) is 24.3 Å². The van der Waals surface area contributed by atoms with E-state index in [1.54, 1.807) is 26.8 Å². The summed E-state index contributed by atoms with van der Waals surface area (Å²) in [5.74, 6) is -0.681. The van der Waals surface area contributed by atoms with Crippen LogP contribution < -0.4 is 0 Å². The topological polar surface area (TPSA) is 69.4 Å². The molecule has 0 bridgehead atoms. The molecule has 0 aromatic heterocycles. The number of nitrogens with zero attached hydrogens (tertiary/aromatic N) is 1. The van der Waals surface area contributed by atoms with Gasteiger partial charge >= 0.3 is 5.97 Å². The van der Waals surface area contributed by atoms with Crippen molar-refractivity contribution in [3.8, 4) is 0 Å². The van der Waals surface area contributed by atoms with Crippen molar-refractivity contribution in [1.82, 2.24) is 0 Å². The van der Waals surface area contributed by atoms with Gasteiger partial charge in [-0.3, -0.25) is 10.1 Å². The van der Waals surface area contributed by atoms with Crippen molar-refractivity contribution in [3.63, 3.8) is 0 Å². The van der Waals surface area contributed by atoms with E-state index in [4.69, 9.17) is 4.74 Å². The molecule has 1 aromatic carbocycles. The third-order valence-electron chi connectivity index (χ3n) is 1.72. The van der Waals surface area contributed by atoms with Gasteiger partial charge in [0.2, 0.25) is 0 Å². The maximum atomic E-state index is 11.7. The zero-order valence-corrected chi connectivity index (χ0v) is 11.4. The zero-order chi connectivity index (χ0) is 14.3. The lowest BCUT2D eigenvalue weighted by Gasteiger charge is -2.19. The molecule has 18 heavy (non-hydrogen) atoms. The normalized spacial score (nSPS) is 10.1. The molecule has 0 fully saturated rings. The van der Waals surface area contributed by atoms with Crippen molar-refractivity contribution >= 4 is 11.7 Å². The van der Waals surface area contributed by atoms with E-state index in [2.05, 4.69) is 0 Å². The molecule has 0 heterocycles. The second kappa shape index (κ2) is 6.74. The highest BCUT2D eigenvalue weighted by molar-refractivity contribution is 5.94. The highest BCUT2D eigenvalue weighted by atomic mass is 16.6. The van der Waals surface area contributed by atoms with Gasteiger partial charge in [0.15, 0.2) is 0 Å². The average molecular weight is 253 g/mol. The third-order valence-corrected chi connectivity index (χ3v) is 1.72. The van der Waals surface area contributed by atoms with E-state index in [0.717, 1.165) is 0 Å². The maximum Gasteiger partial charge on any atom is 0.345 e. The SMILES string of the molecule is CC.CC(C)(C)OC(=O)c1ccccc1[N+](=O)[O-]. The third kappa shape index (κ3) is 4.95. The number of ether oxygens (including phenoxy) is 1. The minimum Gasteiger partial charge on any atom is -0.456 e. The van der Waals surface area contributed by atoms with Crippen LogP contribution in [0.5, 0.6) is 0 Å². The van der Waals surface area contributed by atoms with Gasteiger partial charge in [0.05, 0.1) is 4.92 Å². The van der Waals surface area contributed by atoms with Crippen molar-refractivity contribution in [2.75, 3.05) is 0 Å². The molecule has 0 N–H and O–H groups in total. The van der Waals surface area contributed by atoms with Crippen molar-refractivity contribution in [1.29, 1.82) is 0 Å². The molecule has 0 saturated heterocycles. The number of nitro groups is 1. The molecule has 0 amide bonds. The van der Waals surface area contributed by atoms with Crippen molar-refractivity contribution < 1.29 is 14.5 Å². The summed E-state index contributed by atoms with van der Waals surface area (Å²) in [5.41, 5.74) is -0.931. The Morgan fingerprint density at radius 1 is 1.22 bits per heavy atom. The standard InChI is InChI=1S/C11H13NO4.C2H6/c1-11(2,3)16-10(13)8-6-4-5-7-9(8)12(14)15;1-2/h4-7H,1-3H3;1-2H3. The molecule has 100 valence electrons. The van der Waals surface area contributed by atoms with Crippen molar-refractivity contribution in [2.45, 2.75) is 40.2 Å². The predicted molar refractivity (Wildman–Crippen MR) is 69.6 cm³/mol. The van der Waals surface area contributed by atoms with Gasteiger partial charge in [-0.15, -0.1) is 0 Å². The van der Waals surface area contributed by atoms with Crippen LogP contribution in [0.25, 0.3) is 0 Å². The lowest BCUT2D eigenvalue weighted by Crippen LogP contribution is -2.24. The van der Waals surface area contributed by atoms with Crippen LogP contribution in [-0.2, 0) is 4.74 Å². The first kappa shape index (κ1) is 16.1. The quantitative estimate of drug-likeness (QED) is 0.459. The molecule has 1 aromatic rings. The fraction of sp³-hybridized carbons (Fsp3) is 0.462. The van der Waals surface area contributed by atoms with Gasteiger partial charge in [-0.1, -0.05) is 26.0 Å². The molecule has 0 aliphatic carbocycles. The first-order valence-corrected chi connectivity index (χ1v) is 5.78. The second-order valence-electron chi connectivity index (χ2n) is 4.28. The Balaban J connectivity index is 0.00000137. The number of hydrogen-bond donors (Lipinski definition) is 0. The number of hydrogen-bond acceptors (Lipinski definition) is 4. The molecular weight excluding hydrogens is 234 g/mol.